The molecule has 2 aromatic carbocycles. The molecule has 1 aromatic heterocycles. The van der Waals surface area contributed by atoms with Gasteiger partial charge < -0.3 is 9.52 Å². The highest BCUT2D eigenvalue weighted by molar-refractivity contribution is 7.98. The van der Waals surface area contributed by atoms with Gasteiger partial charge in [0.25, 0.3) is 0 Å². The van der Waals surface area contributed by atoms with E-state index in [9.17, 15) is 14.3 Å². The van der Waals surface area contributed by atoms with Crippen LogP contribution in [0.25, 0.3) is 11.0 Å². The Balaban J connectivity index is 1.95. The number of hydrogen-bond donors (Lipinski definition) is 1. The molecular weight excluding hydrogens is 291 g/mol. The van der Waals surface area contributed by atoms with Crippen LogP contribution in [0.1, 0.15) is 16.1 Å². The quantitative estimate of drug-likeness (QED) is 0.718. The molecule has 0 radical (unpaired) electrons. The summed E-state index contributed by atoms with van der Waals surface area (Å²) in [6.07, 6.45) is 0. The maximum atomic E-state index is 13.2. The number of carboxylic acids is 1. The minimum atomic E-state index is -1.10. The summed E-state index contributed by atoms with van der Waals surface area (Å²) in [6, 6.07) is 13.4. The van der Waals surface area contributed by atoms with E-state index in [-0.39, 0.29) is 11.6 Å². The average molecular weight is 302 g/mol. The van der Waals surface area contributed by atoms with E-state index in [4.69, 9.17) is 4.42 Å². The summed E-state index contributed by atoms with van der Waals surface area (Å²) < 4.78 is 18.6. The molecule has 21 heavy (non-hydrogen) atoms. The van der Waals surface area contributed by atoms with Crippen LogP contribution in [0.4, 0.5) is 4.39 Å². The highest BCUT2D eigenvalue weighted by Crippen LogP contribution is 2.32. The second-order valence-corrected chi connectivity index (χ2v) is 5.51. The van der Waals surface area contributed by atoms with Gasteiger partial charge in [0.1, 0.15) is 11.4 Å². The molecule has 3 rings (SSSR count). The van der Waals surface area contributed by atoms with Crippen molar-refractivity contribution >= 4 is 28.7 Å². The van der Waals surface area contributed by atoms with E-state index in [2.05, 4.69) is 0 Å². The van der Waals surface area contributed by atoms with Gasteiger partial charge in [-0.25, -0.2) is 9.18 Å². The molecule has 0 bridgehead atoms. The Bertz CT molecular complexity index is 810. The highest BCUT2D eigenvalue weighted by atomic mass is 32.2. The molecule has 3 nitrogen and oxygen atoms in total. The van der Waals surface area contributed by atoms with Crippen molar-refractivity contribution in [3.05, 3.63) is 65.7 Å². The topological polar surface area (TPSA) is 50.4 Å². The molecule has 0 amide bonds. The van der Waals surface area contributed by atoms with Crippen molar-refractivity contribution in [3.8, 4) is 0 Å². The lowest BCUT2D eigenvalue weighted by atomic mass is 10.1. The Morgan fingerprint density at radius 1 is 1.19 bits per heavy atom. The lowest BCUT2D eigenvalue weighted by Crippen LogP contribution is -1.97. The van der Waals surface area contributed by atoms with Crippen molar-refractivity contribution in [1.82, 2.24) is 0 Å². The number of furan rings is 1. The predicted octanol–water partition coefficient (Wildman–Crippen LogP) is 4.56. The number of aromatic carboxylic acids is 1. The van der Waals surface area contributed by atoms with Gasteiger partial charge in [0.15, 0.2) is 0 Å². The van der Waals surface area contributed by atoms with Crippen LogP contribution in [0.2, 0.25) is 0 Å². The lowest BCUT2D eigenvalue weighted by Gasteiger charge is -2.02. The van der Waals surface area contributed by atoms with Crippen LogP contribution in [-0.4, -0.2) is 11.1 Å². The van der Waals surface area contributed by atoms with Crippen molar-refractivity contribution in [3.63, 3.8) is 0 Å². The molecule has 0 aliphatic carbocycles. The molecule has 106 valence electrons. The van der Waals surface area contributed by atoms with Crippen LogP contribution in [0, 0.1) is 5.82 Å². The number of carbonyl (C=O) groups is 1. The van der Waals surface area contributed by atoms with Crippen molar-refractivity contribution in [2.24, 2.45) is 0 Å². The normalized spacial score (nSPS) is 10.9. The van der Waals surface area contributed by atoms with E-state index >= 15 is 0 Å². The second-order valence-electron chi connectivity index (χ2n) is 4.46. The highest BCUT2D eigenvalue weighted by Gasteiger charge is 2.19. The summed E-state index contributed by atoms with van der Waals surface area (Å²) in [5.41, 5.74) is 1.16. The van der Waals surface area contributed by atoms with Crippen molar-refractivity contribution in [2.45, 2.75) is 10.6 Å². The number of hydrogen-bond acceptors (Lipinski definition) is 3. The standard InChI is InChI=1S/C16H11FO3S/c17-10-4-3-5-11(8-10)21-9-13-12-6-1-2-7-14(12)20-15(13)16(18)19/h1-8H,9H2,(H,18,19). The molecule has 0 saturated heterocycles. The number of benzene rings is 2. The summed E-state index contributed by atoms with van der Waals surface area (Å²) >= 11 is 1.38. The van der Waals surface area contributed by atoms with Gasteiger partial charge in [0.2, 0.25) is 5.76 Å². The van der Waals surface area contributed by atoms with Crippen LogP contribution in [0.3, 0.4) is 0 Å². The average Bonchev–Trinajstić information content (AvgIpc) is 2.84. The van der Waals surface area contributed by atoms with Gasteiger partial charge in [-0.3, -0.25) is 0 Å². The van der Waals surface area contributed by atoms with Gasteiger partial charge in [-0.15, -0.1) is 11.8 Å². The molecule has 0 aliphatic heterocycles. The van der Waals surface area contributed by atoms with Crippen LogP contribution < -0.4 is 0 Å². The Morgan fingerprint density at radius 3 is 2.76 bits per heavy atom. The summed E-state index contributed by atoms with van der Waals surface area (Å²) in [4.78, 5) is 12.0. The fraction of sp³-hybridized carbons (Fsp3) is 0.0625. The zero-order valence-electron chi connectivity index (χ0n) is 10.9. The fourth-order valence-corrected chi connectivity index (χ4v) is 3.10. The maximum Gasteiger partial charge on any atom is 0.372 e. The van der Waals surface area contributed by atoms with E-state index in [1.165, 1.54) is 23.9 Å². The summed E-state index contributed by atoms with van der Waals surface area (Å²) in [5.74, 6) is -1.06. The third-order valence-corrected chi connectivity index (χ3v) is 4.09. The van der Waals surface area contributed by atoms with Gasteiger partial charge in [-0.2, -0.15) is 0 Å². The number of para-hydroxylation sites is 1. The van der Waals surface area contributed by atoms with Gasteiger partial charge in [0, 0.05) is 21.6 Å². The molecule has 0 atom stereocenters. The summed E-state index contributed by atoms with van der Waals surface area (Å²) in [5, 5.41) is 10.0. The molecule has 0 aliphatic rings. The molecule has 1 N–H and O–H groups in total. The molecule has 0 unspecified atom stereocenters. The van der Waals surface area contributed by atoms with Crippen LogP contribution >= 0.6 is 11.8 Å². The number of fused-ring (bicyclic) bond motifs is 1. The monoisotopic (exact) mass is 302 g/mol. The lowest BCUT2D eigenvalue weighted by molar-refractivity contribution is 0.0664. The van der Waals surface area contributed by atoms with E-state index in [0.29, 0.717) is 16.9 Å². The minimum absolute atomic E-state index is 0.0555. The number of halogens is 1. The fourth-order valence-electron chi connectivity index (χ4n) is 2.13. The van der Waals surface area contributed by atoms with Crippen LogP contribution in [0.5, 0.6) is 0 Å². The Hall–Kier alpha value is -2.27. The molecule has 3 aromatic rings. The smallest absolute Gasteiger partial charge is 0.372 e. The SMILES string of the molecule is O=C(O)c1oc2ccccc2c1CSc1cccc(F)c1. The Morgan fingerprint density at radius 2 is 2.00 bits per heavy atom. The molecule has 0 spiro atoms. The van der Waals surface area contributed by atoms with Crippen LogP contribution in [0.15, 0.2) is 57.8 Å². The second kappa shape index (κ2) is 5.61. The molecule has 1 heterocycles. The number of rotatable bonds is 4. The number of carboxylic acid groups (broad SMARTS) is 1. The predicted molar refractivity (Wildman–Crippen MR) is 79.1 cm³/mol. The largest absolute Gasteiger partial charge is 0.475 e. The minimum Gasteiger partial charge on any atom is -0.475 e. The first-order chi connectivity index (χ1) is 10.1. The first-order valence-corrected chi connectivity index (χ1v) is 7.26. The molecule has 5 heteroatoms. The number of thioether (sulfide) groups is 1. The maximum absolute atomic E-state index is 13.2. The first kappa shape index (κ1) is 13.7. The summed E-state index contributed by atoms with van der Waals surface area (Å²) in [7, 11) is 0. The third-order valence-electron chi connectivity index (χ3n) is 3.07. The van der Waals surface area contributed by atoms with Gasteiger partial charge in [0.05, 0.1) is 0 Å². The zero-order valence-corrected chi connectivity index (χ0v) is 11.7. The van der Waals surface area contributed by atoms with E-state index < -0.39 is 5.97 Å². The van der Waals surface area contributed by atoms with Gasteiger partial charge in [-0.1, -0.05) is 24.3 Å². The summed E-state index contributed by atoms with van der Waals surface area (Å²) in [6.45, 7) is 0. The zero-order chi connectivity index (χ0) is 14.8. The molecule has 0 saturated carbocycles. The van der Waals surface area contributed by atoms with Gasteiger partial charge >= 0.3 is 5.97 Å². The molecular formula is C16H11FO3S. The third kappa shape index (κ3) is 2.78. The van der Waals surface area contributed by atoms with Crippen molar-refractivity contribution in [2.75, 3.05) is 0 Å². The van der Waals surface area contributed by atoms with Crippen molar-refractivity contribution in [1.29, 1.82) is 0 Å². The van der Waals surface area contributed by atoms with E-state index in [0.717, 1.165) is 10.3 Å². The first-order valence-electron chi connectivity index (χ1n) is 6.27. The van der Waals surface area contributed by atoms with Crippen LogP contribution in [-0.2, 0) is 5.75 Å². The Kier molecular flexibility index (Phi) is 3.66. The van der Waals surface area contributed by atoms with E-state index in [1.807, 2.05) is 12.1 Å². The van der Waals surface area contributed by atoms with Crippen molar-refractivity contribution < 1.29 is 18.7 Å². The van der Waals surface area contributed by atoms with E-state index in [1.54, 1.807) is 24.3 Å². The Labute approximate surface area is 124 Å². The van der Waals surface area contributed by atoms with Gasteiger partial charge in [-0.05, 0) is 24.3 Å². The molecule has 0 fully saturated rings.